The lowest BCUT2D eigenvalue weighted by Crippen LogP contribution is -2.43. The fourth-order valence-electron chi connectivity index (χ4n) is 4.81. The van der Waals surface area contributed by atoms with Crippen LogP contribution in [0.3, 0.4) is 0 Å². The summed E-state index contributed by atoms with van der Waals surface area (Å²) in [6.07, 6.45) is 4.02. The second kappa shape index (κ2) is 14.9. The zero-order chi connectivity index (χ0) is 28.4. The maximum Gasteiger partial charge on any atom is 0.303 e. The summed E-state index contributed by atoms with van der Waals surface area (Å²) in [5, 5.41) is 13.6. The van der Waals surface area contributed by atoms with Crippen LogP contribution >= 0.6 is 23.5 Å². The van der Waals surface area contributed by atoms with Gasteiger partial charge >= 0.3 is 5.97 Å². The van der Waals surface area contributed by atoms with Crippen LogP contribution in [0.4, 0.5) is 0 Å². The third-order valence-corrected chi connectivity index (χ3v) is 8.21. The average Bonchev–Trinajstić information content (AvgIpc) is 2.87. The van der Waals surface area contributed by atoms with Gasteiger partial charge in [0.2, 0.25) is 0 Å². The van der Waals surface area contributed by atoms with Gasteiger partial charge in [0.1, 0.15) is 0 Å². The highest BCUT2D eigenvalue weighted by molar-refractivity contribution is 7.97. The summed E-state index contributed by atoms with van der Waals surface area (Å²) in [4.78, 5) is 12.2. The van der Waals surface area contributed by atoms with E-state index in [1.807, 2.05) is 25.1 Å². The minimum atomic E-state index is -0.793. The highest BCUT2D eigenvalue weighted by Crippen LogP contribution is 2.35. The van der Waals surface area contributed by atoms with E-state index in [0.717, 1.165) is 53.1 Å². The number of rotatable bonds is 15. The van der Waals surface area contributed by atoms with Gasteiger partial charge in [0.15, 0.2) is 0 Å². The zero-order valence-electron chi connectivity index (χ0n) is 24.0. The van der Waals surface area contributed by atoms with Crippen molar-refractivity contribution in [1.29, 1.82) is 0 Å². The molecule has 0 saturated carbocycles. The Morgan fingerprint density at radius 2 is 1.79 bits per heavy atom. The summed E-state index contributed by atoms with van der Waals surface area (Å²) in [5.74, 6) is -0.298. The van der Waals surface area contributed by atoms with Crippen LogP contribution in [0.1, 0.15) is 56.7 Å². The SMILES string of the molecule is Cc1ccc(CCC(=O)O)c(-c2ccc(SN(C)C[C@H](C)CNC(C)(C)CCCc3ccccc3)cc2Cl)c1. The Balaban J connectivity index is 1.51. The standard InChI is InChI=1S/C33H43ClN2O2S/c1-24-13-14-27(15-18-32(37)38)30(20-24)29-17-16-28(21-31(29)34)39-36(5)23-25(2)22-35-33(3,4)19-9-12-26-10-7-6-8-11-26/h6-8,10-11,13-14,16-17,20-21,25,35H,9,12,15,18-19,22-23H2,1-5H3,(H,37,38)/t25-/m1/s1. The van der Waals surface area contributed by atoms with Crippen LogP contribution in [0, 0.1) is 12.8 Å². The maximum absolute atomic E-state index is 11.1. The predicted molar refractivity (Wildman–Crippen MR) is 167 cm³/mol. The number of carboxylic acid groups (broad SMARTS) is 1. The third kappa shape index (κ3) is 10.6. The van der Waals surface area contributed by atoms with Crippen molar-refractivity contribution in [1.82, 2.24) is 9.62 Å². The molecule has 0 radical (unpaired) electrons. The molecule has 6 heteroatoms. The second-order valence-corrected chi connectivity index (χ2v) is 13.0. The first-order valence-corrected chi connectivity index (χ1v) is 15.0. The molecule has 0 unspecified atom stereocenters. The molecular formula is C33H43ClN2O2S. The minimum absolute atomic E-state index is 0.102. The number of nitrogens with one attached hydrogen (secondary N) is 1. The first kappa shape index (κ1) is 31.2. The van der Waals surface area contributed by atoms with Gasteiger partial charge in [0.25, 0.3) is 0 Å². The molecule has 0 amide bonds. The van der Waals surface area contributed by atoms with Gasteiger partial charge in [-0.15, -0.1) is 0 Å². The number of nitrogens with zero attached hydrogens (tertiary/aromatic N) is 1. The van der Waals surface area contributed by atoms with Crippen molar-refractivity contribution in [3.05, 3.63) is 88.4 Å². The van der Waals surface area contributed by atoms with Gasteiger partial charge in [-0.2, -0.15) is 0 Å². The van der Waals surface area contributed by atoms with Crippen molar-refractivity contribution in [3.8, 4) is 11.1 Å². The van der Waals surface area contributed by atoms with Crippen LogP contribution in [0.15, 0.2) is 71.6 Å². The van der Waals surface area contributed by atoms with Crippen molar-refractivity contribution in [3.63, 3.8) is 0 Å². The van der Waals surface area contributed by atoms with E-state index < -0.39 is 5.97 Å². The third-order valence-electron chi connectivity index (χ3n) is 6.97. The Labute approximate surface area is 244 Å². The van der Waals surface area contributed by atoms with E-state index in [1.54, 1.807) is 11.9 Å². The largest absolute Gasteiger partial charge is 0.481 e. The van der Waals surface area contributed by atoms with E-state index in [0.29, 0.717) is 17.4 Å². The Hall–Kier alpha value is -2.31. The molecule has 3 rings (SSSR count). The van der Waals surface area contributed by atoms with Gasteiger partial charge in [-0.1, -0.05) is 78.7 Å². The van der Waals surface area contributed by atoms with E-state index in [1.165, 1.54) is 12.0 Å². The van der Waals surface area contributed by atoms with Crippen molar-refractivity contribution in [2.45, 2.75) is 70.2 Å². The summed E-state index contributed by atoms with van der Waals surface area (Å²) in [6.45, 7) is 10.8. The fraction of sp³-hybridized carbons (Fsp3) is 0.424. The van der Waals surface area contributed by atoms with E-state index in [-0.39, 0.29) is 12.0 Å². The number of aryl methyl sites for hydroxylation is 3. The van der Waals surface area contributed by atoms with Crippen LogP contribution < -0.4 is 5.32 Å². The Bertz CT molecular complexity index is 1220. The molecule has 0 aromatic heterocycles. The highest BCUT2D eigenvalue weighted by Gasteiger charge is 2.19. The van der Waals surface area contributed by atoms with Crippen LogP contribution in [0.25, 0.3) is 11.1 Å². The van der Waals surface area contributed by atoms with Crippen LogP contribution in [-0.2, 0) is 17.6 Å². The Morgan fingerprint density at radius 1 is 1.05 bits per heavy atom. The van der Waals surface area contributed by atoms with E-state index >= 15 is 0 Å². The summed E-state index contributed by atoms with van der Waals surface area (Å²) in [5.41, 5.74) is 5.60. The molecule has 2 N–H and O–H groups in total. The zero-order valence-corrected chi connectivity index (χ0v) is 25.5. The Morgan fingerprint density at radius 3 is 2.49 bits per heavy atom. The van der Waals surface area contributed by atoms with Gasteiger partial charge in [-0.05, 0) is 107 Å². The summed E-state index contributed by atoms with van der Waals surface area (Å²) >= 11 is 8.46. The molecule has 0 saturated heterocycles. The van der Waals surface area contributed by atoms with Crippen molar-refractivity contribution in [2.75, 3.05) is 20.1 Å². The normalized spacial score (nSPS) is 12.6. The van der Waals surface area contributed by atoms with Crippen molar-refractivity contribution < 1.29 is 9.90 Å². The molecule has 0 aliphatic carbocycles. The molecule has 0 heterocycles. The lowest BCUT2D eigenvalue weighted by Gasteiger charge is -2.29. The van der Waals surface area contributed by atoms with Crippen LogP contribution in [0.2, 0.25) is 5.02 Å². The average molecular weight is 567 g/mol. The predicted octanol–water partition coefficient (Wildman–Crippen LogP) is 8.30. The van der Waals surface area contributed by atoms with Gasteiger partial charge in [0, 0.05) is 34.0 Å². The van der Waals surface area contributed by atoms with E-state index in [9.17, 15) is 4.79 Å². The number of aliphatic carboxylic acids is 1. The number of hydrogen-bond acceptors (Lipinski definition) is 4. The maximum atomic E-state index is 11.1. The van der Waals surface area contributed by atoms with E-state index in [4.69, 9.17) is 16.7 Å². The highest BCUT2D eigenvalue weighted by atomic mass is 35.5. The molecule has 0 aliphatic rings. The van der Waals surface area contributed by atoms with Gasteiger partial charge < -0.3 is 10.4 Å². The molecule has 39 heavy (non-hydrogen) atoms. The first-order chi connectivity index (χ1) is 18.5. The molecule has 3 aromatic rings. The lowest BCUT2D eigenvalue weighted by atomic mass is 9.95. The number of hydrogen-bond donors (Lipinski definition) is 2. The quantitative estimate of drug-likeness (QED) is 0.181. The molecule has 0 fully saturated rings. The smallest absolute Gasteiger partial charge is 0.303 e. The summed E-state index contributed by atoms with van der Waals surface area (Å²) < 4.78 is 2.27. The van der Waals surface area contributed by atoms with Crippen LogP contribution in [-0.4, -0.2) is 41.1 Å². The summed E-state index contributed by atoms with van der Waals surface area (Å²) in [6, 6.07) is 23.0. The molecule has 1 atom stereocenters. The molecule has 4 nitrogen and oxygen atoms in total. The fourth-order valence-corrected chi connectivity index (χ4v) is 6.15. The monoisotopic (exact) mass is 566 g/mol. The Kier molecular flexibility index (Phi) is 11.9. The van der Waals surface area contributed by atoms with Crippen molar-refractivity contribution >= 4 is 29.5 Å². The molecule has 0 spiro atoms. The van der Waals surface area contributed by atoms with Gasteiger partial charge in [-0.3, -0.25) is 4.79 Å². The molecular weight excluding hydrogens is 524 g/mol. The first-order valence-electron chi connectivity index (χ1n) is 13.8. The van der Waals surface area contributed by atoms with Crippen LogP contribution in [0.5, 0.6) is 0 Å². The molecule has 0 bridgehead atoms. The number of benzene rings is 3. The van der Waals surface area contributed by atoms with Crippen molar-refractivity contribution in [2.24, 2.45) is 5.92 Å². The molecule has 0 aliphatic heterocycles. The van der Waals surface area contributed by atoms with E-state index in [2.05, 4.69) is 86.0 Å². The van der Waals surface area contributed by atoms with Gasteiger partial charge in [0.05, 0.1) is 0 Å². The number of halogens is 1. The topological polar surface area (TPSA) is 52.6 Å². The lowest BCUT2D eigenvalue weighted by molar-refractivity contribution is -0.136. The minimum Gasteiger partial charge on any atom is -0.481 e. The molecule has 210 valence electrons. The number of carboxylic acids is 1. The molecule has 3 aromatic carbocycles. The summed E-state index contributed by atoms with van der Waals surface area (Å²) in [7, 11) is 2.12. The second-order valence-electron chi connectivity index (χ2n) is 11.3. The van der Waals surface area contributed by atoms with Gasteiger partial charge in [-0.25, -0.2) is 4.31 Å². The number of carbonyl (C=O) groups is 1.